The van der Waals surface area contributed by atoms with Crippen molar-refractivity contribution in [1.82, 2.24) is 13.6 Å². The van der Waals surface area contributed by atoms with Gasteiger partial charge in [-0.05, 0) is 0 Å². The molecule has 0 rings (SSSR count). The molecule has 0 unspecified atom stereocenters. The molecule has 5 heteroatoms. The van der Waals surface area contributed by atoms with E-state index in [4.69, 9.17) is 0 Å². The Bertz CT molecular complexity index is 253. The fourth-order valence-electron chi connectivity index (χ4n) is 3.09. The molecule has 0 spiro atoms. The number of hydrogen-bond acceptors (Lipinski definition) is 4. The molecule has 4 nitrogen and oxygen atoms in total. The summed E-state index contributed by atoms with van der Waals surface area (Å²) >= 11 is -2.92. The molecule has 135 valence electrons. The van der Waals surface area contributed by atoms with Crippen LogP contribution in [0.1, 0.15) is 68.7 Å². The van der Waals surface area contributed by atoms with Crippen LogP contribution in [-0.4, -0.2) is 54.7 Å². The maximum absolute atomic E-state index is 4.24. The summed E-state index contributed by atoms with van der Waals surface area (Å²) in [5, 5.41) is 0. The van der Waals surface area contributed by atoms with Crippen LogP contribution in [0.5, 0.6) is 0 Å². The molecule has 0 heterocycles. The van der Waals surface area contributed by atoms with E-state index < -0.39 is 18.2 Å². The van der Waals surface area contributed by atoms with E-state index in [0.29, 0.717) is 0 Å². The molecule has 0 atom stereocenters. The molecule has 1 N–H and O–H groups in total. The second kappa shape index (κ2) is 10.4. The molecule has 0 radical (unpaired) electrons. The molecule has 0 amide bonds. The second-order valence-corrected chi connectivity index (χ2v) is 13.8. The van der Waals surface area contributed by atoms with Crippen LogP contribution in [-0.2, 0) is 18.2 Å². The van der Waals surface area contributed by atoms with Crippen LogP contribution >= 0.6 is 0 Å². The van der Waals surface area contributed by atoms with Gasteiger partial charge in [0.25, 0.3) is 0 Å². The first kappa shape index (κ1) is 22.6. The minimum atomic E-state index is -2.92. The Balaban J connectivity index is 6.11. The summed E-state index contributed by atoms with van der Waals surface area (Å²) in [7, 11) is 0. The normalized spacial score (nSPS) is 13.6. The Morgan fingerprint density at radius 2 is 0.909 bits per heavy atom. The van der Waals surface area contributed by atoms with Crippen molar-refractivity contribution in [3.8, 4) is 0 Å². The second-order valence-electron chi connectivity index (χ2n) is 6.33. The average molecular weight is 395 g/mol. The van der Waals surface area contributed by atoms with Crippen molar-refractivity contribution < 1.29 is 18.2 Å². The van der Waals surface area contributed by atoms with Gasteiger partial charge >= 0.3 is 145 Å². The third-order valence-electron chi connectivity index (χ3n) is 4.71. The van der Waals surface area contributed by atoms with Gasteiger partial charge in [0.05, 0.1) is 0 Å². The van der Waals surface area contributed by atoms with Crippen LogP contribution < -0.4 is 3.72 Å². The fourth-order valence-corrected chi connectivity index (χ4v) is 15.0. The van der Waals surface area contributed by atoms with Crippen molar-refractivity contribution in [1.29, 1.82) is 0 Å². The van der Waals surface area contributed by atoms with Gasteiger partial charge in [-0.15, -0.1) is 0 Å². The van der Waals surface area contributed by atoms with Gasteiger partial charge in [-0.25, -0.2) is 0 Å². The van der Waals surface area contributed by atoms with E-state index in [-0.39, 0.29) is 5.54 Å². The van der Waals surface area contributed by atoms with E-state index in [1.54, 1.807) is 0 Å². The predicted octanol–water partition coefficient (Wildman–Crippen LogP) is 3.60. The zero-order chi connectivity index (χ0) is 17.4. The first-order valence-electron chi connectivity index (χ1n) is 9.27. The Morgan fingerprint density at radius 3 is 1.09 bits per heavy atom. The molecule has 0 aliphatic heterocycles. The van der Waals surface area contributed by atoms with E-state index in [0.717, 1.165) is 45.7 Å². The van der Waals surface area contributed by atoms with Gasteiger partial charge in [0.1, 0.15) is 0 Å². The first-order chi connectivity index (χ1) is 10.3. The molecule has 0 saturated carbocycles. The molecule has 0 saturated heterocycles. The monoisotopic (exact) mass is 395 g/mol. The quantitative estimate of drug-likeness (QED) is 0.510. The van der Waals surface area contributed by atoms with Crippen molar-refractivity contribution >= 4 is 0 Å². The van der Waals surface area contributed by atoms with Crippen LogP contribution in [0.4, 0.5) is 0 Å². The zero-order valence-electron chi connectivity index (χ0n) is 16.7. The van der Waals surface area contributed by atoms with Gasteiger partial charge in [0, 0.05) is 0 Å². The van der Waals surface area contributed by atoms with E-state index in [1.165, 1.54) is 0 Å². The first-order valence-corrected chi connectivity index (χ1v) is 13.3. The Kier molecular flexibility index (Phi) is 10.7. The van der Waals surface area contributed by atoms with Gasteiger partial charge in [-0.1, -0.05) is 0 Å². The summed E-state index contributed by atoms with van der Waals surface area (Å²) < 4.78 is 12.6. The topological polar surface area (TPSA) is 21.8 Å². The molecule has 0 aromatic carbocycles. The van der Waals surface area contributed by atoms with E-state index in [9.17, 15) is 0 Å². The summed E-state index contributed by atoms with van der Waals surface area (Å²) in [6.45, 7) is 27.7. The average Bonchev–Trinajstić information content (AvgIpc) is 2.50. The van der Waals surface area contributed by atoms with E-state index in [1.807, 2.05) is 0 Å². The summed E-state index contributed by atoms with van der Waals surface area (Å²) in [5.41, 5.74) is 0.180. The molecule has 0 aromatic heterocycles. The molecular weight excluding hydrogens is 353 g/mol. The van der Waals surface area contributed by atoms with Crippen molar-refractivity contribution in [3.05, 3.63) is 0 Å². The van der Waals surface area contributed by atoms with Gasteiger partial charge in [0.2, 0.25) is 0 Å². The molecule has 0 aliphatic rings. The molecular formula is C17H42N4Nb. The standard InChI is InChI=1S/C5H12N.3C4H10N.Nb/c1-4-5(2,3)6;3*1-3-5-4-2;/h6H,4H2,1-3H3;3*3-4H2,1-2H3;/q4*-1;+4. The number of nitrogens with one attached hydrogen (secondary N) is 1. The summed E-state index contributed by atoms with van der Waals surface area (Å²) in [4.78, 5) is 0. The zero-order valence-corrected chi connectivity index (χ0v) is 18.9. The van der Waals surface area contributed by atoms with Gasteiger partial charge in [0.15, 0.2) is 0 Å². The van der Waals surface area contributed by atoms with Crippen molar-refractivity contribution in [3.63, 3.8) is 0 Å². The minimum absolute atomic E-state index is 0.180. The van der Waals surface area contributed by atoms with Crippen LogP contribution in [0, 0.1) is 0 Å². The van der Waals surface area contributed by atoms with E-state index in [2.05, 4.69) is 75.9 Å². The van der Waals surface area contributed by atoms with Crippen LogP contribution in [0.25, 0.3) is 0 Å². The molecule has 0 fully saturated rings. The van der Waals surface area contributed by atoms with Crippen molar-refractivity contribution in [2.24, 2.45) is 0 Å². The van der Waals surface area contributed by atoms with Crippen molar-refractivity contribution in [2.75, 3.05) is 39.3 Å². The Hall–Kier alpha value is 0.580. The van der Waals surface area contributed by atoms with Crippen LogP contribution in [0.3, 0.4) is 0 Å². The van der Waals surface area contributed by atoms with Gasteiger partial charge < -0.3 is 0 Å². The summed E-state index contributed by atoms with van der Waals surface area (Å²) in [6.07, 6.45) is 1.16. The predicted molar refractivity (Wildman–Crippen MR) is 96.3 cm³/mol. The van der Waals surface area contributed by atoms with Crippen molar-refractivity contribution in [2.45, 2.75) is 74.3 Å². The number of hydrogen-bond donors (Lipinski definition) is 1. The fraction of sp³-hybridized carbons (Fsp3) is 1.00. The maximum atomic E-state index is 4.24. The molecule has 0 aromatic rings. The molecule has 0 bridgehead atoms. The van der Waals surface area contributed by atoms with Crippen LogP contribution in [0.15, 0.2) is 0 Å². The third kappa shape index (κ3) is 5.04. The Labute approximate surface area is 145 Å². The molecule has 0 aliphatic carbocycles. The summed E-state index contributed by atoms with van der Waals surface area (Å²) in [6, 6.07) is 0. The van der Waals surface area contributed by atoms with Gasteiger partial charge in [-0.3, -0.25) is 0 Å². The Morgan fingerprint density at radius 1 is 0.636 bits per heavy atom. The third-order valence-corrected chi connectivity index (χ3v) is 16.9. The summed E-state index contributed by atoms with van der Waals surface area (Å²) in [5.74, 6) is 0. The van der Waals surface area contributed by atoms with Gasteiger partial charge in [-0.2, -0.15) is 0 Å². The molecule has 22 heavy (non-hydrogen) atoms. The van der Waals surface area contributed by atoms with E-state index >= 15 is 0 Å². The van der Waals surface area contributed by atoms with Crippen LogP contribution in [0.2, 0.25) is 0 Å². The number of nitrogens with zero attached hydrogens (tertiary/aromatic N) is 3. The number of rotatable bonds is 12. The SMILES string of the molecule is CC[N](CC)[Nb]([NH]C(C)(C)CC)([N](CC)CC)[N](CC)CC.